The standard InChI is InChI=1S/C11H7ClF3NO3/c1-2-18-10(17)7-3-6(19-11(13,14)15)4-9(12)8(7)5-16/h3-4H,2H2,1H3. The average molecular weight is 294 g/mol. The van der Waals surface area contributed by atoms with Gasteiger partial charge in [0.15, 0.2) is 0 Å². The van der Waals surface area contributed by atoms with Gasteiger partial charge in [0.05, 0.1) is 22.8 Å². The van der Waals surface area contributed by atoms with E-state index in [0.29, 0.717) is 0 Å². The molecule has 0 fully saturated rings. The molecule has 0 saturated heterocycles. The van der Waals surface area contributed by atoms with E-state index in [2.05, 4.69) is 9.47 Å². The second-order valence-corrected chi connectivity index (χ2v) is 3.61. The van der Waals surface area contributed by atoms with Crippen LogP contribution in [-0.2, 0) is 4.74 Å². The normalized spacial score (nSPS) is 10.7. The number of hydrogen-bond acceptors (Lipinski definition) is 4. The monoisotopic (exact) mass is 293 g/mol. The Hall–Kier alpha value is -1.94. The molecule has 1 aromatic carbocycles. The molecule has 4 nitrogen and oxygen atoms in total. The summed E-state index contributed by atoms with van der Waals surface area (Å²) in [6.45, 7) is 1.52. The van der Waals surface area contributed by atoms with Crippen LogP contribution in [0.4, 0.5) is 13.2 Å². The fourth-order valence-electron chi connectivity index (χ4n) is 1.26. The number of alkyl halides is 3. The van der Waals surface area contributed by atoms with Crippen molar-refractivity contribution in [1.29, 1.82) is 5.26 Å². The van der Waals surface area contributed by atoms with Crippen LogP contribution in [0.25, 0.3) is 0 Å². The maximum atomic E-state index is 12.1. The molecule has 8 heteroatoms. The summed E-state index contributed by atoms with van der Waals surface area (Å²) < 4.78 is 44.5. The Morgan fingerprint density at radius 1 is 1.47 bits per heavy atom. The van der Waals surface area contributed by atoms with Gasteiger partial charge in [-0.2, -0.15) is 5.26 Å². The Bertz CT molecular complexity index is 537. The average Bonchev–Trinajstić information content (AvgIpc) is 2.26. The van der Waals surface area contributed by atoms with Gasteiger partial charge < -0.3 is 9.47 Å². The van der Waals surface area contributed by atoms with Crippen LogP contribution < -0.4 is 4.74 Å². The van der Waals surface area contributed by atoms with E-state index in [1.54, 1.807) is 6.07 Å². The van der Waals surface area contributed by atoms with Crippen LogP contribution in [0.15, 0.2) is 12.1 Å². The van der Waals surface area contributed by atoms with Crippen molar-refractivity contribution in [2.45, 2.75) is 13.3 Å². The molecule has 0 radical (unpaired) electrons. The van der Waals surface area contributed by atoms with Gasteiger partial charge in [0.2, 0.25) is 0 Å². The van der Waals surface area contributed by atoms with Crippen molar-refractivity contribution in [2.75, 3.05) is 6.61 Å². The number of carbonyl (C=O) groups is 1. The lowest BCUT2D eigenvalue weighted by atomic mass is 10.1. The van der Waals surface area contributed by atoms with E-state index in [0.717, 1.165) is 12.1 Å². The van der Waals surface area contributed by atoms with Crippen molar-refractivity contribution < 1.29 is 27.4 Å². The Morgan fingerprint density at radius 2 is 2.11 bits per heavy atom. The fraction of sp³-hybridized carbons (Fsp3) is 0.273. The smallest absolute Gasteiger partial charge is 0.462 e. The largest absolute Gasteiger partial charge is 0.573 e. The summed E-state index contributed by atoms with van der Waals surface area (Å²) >= 11 is 5.63. The minimum atomic E-state index is -4.93. The van der Waals surface area contributed by atoms with Crippen molar-refractivity contribution in [3.8, 4) is 11.8 Å². The number of carbonyl (C=O) groups excluding carboxylic acids is 1. The lowest BCUT2D eigenvalue weighted by Gasteiger charge is -2.11. The summed E-state index contributed by atoms with van der Waals surface area (Å²) in [6.07, 6.45) is -4.93. The van der Waals surface area contributed by atoms with E-state index < -0.39 is 18.1 Å². The third-order valence-electron chi connectivity index (χ3n) is 1.90. The number of halogens is 4. The van der Waals surface area contributed by atoms with Gasteiger partial charge in [-0.15, -0.1) is 13.2 Å². The third kappa shape index (κ3) is 4.03. The van der Waals surface area contributed by atoms with Gasteiger partial charge in [0.1, 0.15) is 11.8 Å². The molecule has 0 N–H and O–H groups in total. The van der Waals surface area contributed by atoms with Gasteiger partial charge >= 0.3 is 12.3 Å². The summed E-state index contributed by atoms with van der Waals surface area (Å²) in [7, 11) is 0. The number of rotatable bonds is 3. The molecule has 0 aliphatic heterocycles. The second-order valence-electron chi connectivity index (χ2n) is 3.21. The minimum absolute atomic E-state index is 0.00563. The Morgan fingerprint density at radius 3 is 2.58 bits per heavy atom. The molecule has 1 rings (SSSR count). The predicted octanol–water partition coefficient (Wildman–Crippen LogP) is 3.29. The van der Waals surface area contributed by atoms with E-state index >= 15 is 0 Å². The maximum Gasteiger partial charge on any atom is 0.573 e. The Labute approximate surface area is 111 Å². The zero-order valence-electron chi connectivity index (χ0n) is 9.55. The minimum Gasteiger partial charge on any atom is -0.462 e. The van der Waals surface area contributed by atoms with Crippen molar-refractivity contribution in [2.24, 2.45) is 0 Å². The number of esters is 1. The number of benzene rings is 1. The van der Waals surface area contributed by atoms with Crippen molar-refractivity contribution in [1.82, 2.24) is 0 Å². The van der Waals surface area contributed by atoms with Crippen molar-refractivity contribution in [3.05, 3.63) is 28.3 Å². The number of nitrogens with zero attached hydrogens (tertiary/aromatic N) is 1. The van der Waals surface area contributed by atoms with Gasteiger partial charge in [0.25, 0.3) is 0 Å². The summed E-state index contributed by atoms with van der Waals surface area (Å²) in [5.74, 6) is -1.65. The molecule has 0 saturated carbocycles. The summed E-state index contributed by atoms with van der Waals surface area (Å²) in [4.78, 5) is 11.5. The topological polar surface area (TPSA) is 59.3 Å². The van der Waals surface area contributed by atoms with Crippen LogP contribution in [0, 0.1) is 11.3 Å². The lowest BCUT2D eigenvalue weighted by Crippen LogP contribution is -2.18. The summed E-state index contributed by atoms with van der Waals surface area (Å²) in [5.41, 5.74) is -0.647. The van der Waals surface area contributed by atoms with Crippen LogP contribution in [0.2, 0.25) is 5.02 Å². The highest BCUT2D eigenvalue weighted by Gasteiger charge is 2.32. The fourth-order valence-corrected chi connectivity index (χ4v) is 1.51. The highest BCUT2D eigenvalue weighted by Crippen LogP contribution is 2.30. The summed E-state index contributed by atoms with van der Waals surface area (Å²) in [5, 5.41) is 8.51. The zero-order valence-corrected chi connectivity index (χ0v) is 10.3. The summed E-state index contributed by atoms with van der Waals surface area (Å²) in [6, 6.07) is 3.19. The van der Waals surface area contributed by atoms with Crippen molar-refractivity contribution >= 4 is 17.6 Å². The number of ether oxygens (including phenoxy) is 2. The van der Waals surface area contributed by atoms with Gasteiger partial charge in [0, 0.05) is 6.07 Å². The van der Waals surface area contributed by atoms with E-state index in [-0.39, 0.29) is 22.8 Å². The molecule has 102 valence electrons. The van der Waals surface area contributed by atoms with Gasteiger partial charge in [-0.3, -0.25) is 0 Å². The van der Waals surface area contributed by atoms with Crippen LogP contribution in [-0.4, -0.2) is 18.9 Å². The van der Waals surface area contributed by atoms with Crippen LogP contribution in [0.1, 0.15) is 22.8 Å². The van der Waals surface area contributed by atoms with E-state index in [4.69, 9.17) is 16.9 Å². The molecule has 0 spiro atoms. The first-order valence-electron chi connectivity index (χ1n) is 4.95. The first-order valence-corrected chi connectivity index (χ1v) is 5.32. The quantitative estimate of drug-likeness (QED) is 0.802. The Kier molecular flexibility index (Phi) is 4.62. The van der Waals surface area contributed by atoms with E-state index in [9.17, 15) is 18.0 Å². The molecular weight excluding hydrogens is 287 g/mol. The molecule has 0 amide bonds. The van der Waals surface area contributed by atoms with Gasteiger partial charge in [-0.05, 0) is 13.0 Å². The maximum absolute atomic E-state index is 12.1. The number of nitriles is 1. The predicted molar refractivity (Wildman–Crippen MR) is 58.8 cm³/mol. The van der Waals surface area contributed by atoms with Crippen LogP contribution >= 0.6 is 11.6 Å². The SMILES string of the molecule is CCOC(=O)c1cc(OC(F)(F)F)cc(Cl)c1C#N. The van der Waals surface area contributed by atoms with Crippen LogP contribution in [0.5, 0.6) is 5.75 Å². The molecule has 0 atom stereocenters. The van der Waals surface area contributed by atoms with Crippen molar-refractivity contribution in [3.63, 3.8) is 0 Å². The first kappa shape index (κ1) is 15.1. The van der Waals surface area contributed by atoms with E-state index in [1.807, 2.05) is 0 Å². The lowest BCUT2D eigenvalue weighted by molar-refractivity contribution is -0.274. The van der Waals surface area contributed by atoms with Gasteiger partial charge in [-0.1, -0.05) is 11.6 Å². The van der Waals surface area contributed by atoms with Crippen LogP contribution in [0.3, 0.4) is 0 Å². The molecule has 0 heterocycles. The van der Waals surface area contributed by atoms with Gasteiger partial charge in [-0.25, -0.2) is 4.79 Å². The molecule has 0 unspecified atom stereocenters. The molecule has 0 aliphatic carbocycles. The molecule has 0 aromatic heterocycles. The molecule has 0 bridgehead atoms. The molecule has 1 aromatic rings. The zero-order chi connectivity index (χ0) is 14.6. The highest BCUT2D eigenvalue weighted by molar-refractivity contribution is 6.32. The molecule has 19 heavy (non-hydrogen) atoms. The van der Waals surface area contributed by atoms with E-state index in [1.165, 1.54) is 6.92 Å². The number of hydrogen-bond donors (Lipinski definition) is 0. The molecule has 0 aliphatic rings. The second kappa shape index (κ2) is 5.80. The first-order chi connectivity index (χ1) is 8.78. The Balaban J connectivity index is 3.27. The highest BCUT2D eigenvalue weighted by atomic mass is 35.5. The molecular formula is C11H7ClF3NO3. The third-order valence-corrected chi connectivity index (χ3v) is 2.20.